The van der Waals surface area contributed by atoms with Crippen molar-refractivity contribution in [3.8, 4) is 11.1 Å². The number of hydrogen-bond acceptors (Lipinski definition) is 10. The van der Waals surface area contributed by atoms with E-state index in [2.05, 4.69) is 21.9 Å². The molecule has 0 spiro atoms. The van der Waals surface area contributed by atoms with Crippen LogP contribution in [0.3, 0.4) is 0 Å². The Morgan fingerprint density at radius 2 is 1.72 bits per heavy atom. The Bertz CT molecular complexity index is 1400. The van der Waals surface area contributed by atoms with E-state index in [4.69, 9.17) is 5.14 Å². The molecule has 0 atom stereocenters. The van der Waals surface area contributed by atoms with Crippen molar-refractivity contribution in [1.29, 1.82) is 0 Å². The number of nitrogens with two attached hydrogens (primary N) is 1. The average molecular weight is 481 g/mol. The van der Waals surface area contributed by atoms with Crippen molar-refractivity contribution in [2.45, 2.75) is 16.0 Å². The lowest BCUT2D eigenvalue weighted by Gasteiger charge is -2.22. The van der Waals surface area contributed by atoms with Gasteiger partial charge in [-0.2, -0.15) is 15.8 Å². The Balaban J connectivity index is 2.13. The molecule has 12 nitrogen and oxygen atoms in total. The molecule has 0 radical (unpaired) electrons. The van der Waals surface area contributed by atoms with Gasteiger partial charge in [-0.25, -0.2) is 32.8 Å². The van der Waals surface area contributed by atoms with E-state index in [-0.39, 0.29) is 5.56 Å². The van der Waals surface area contributed by atoms with Crippen LogP contribution in [0.4, 0.5) is 0 Å². The average Bonchev–Trinajstić information content (AvgIpc) is 3.26. The van der Waals surface area contributed by atoms with E-state index in [1.54, 1.807) is 30.3 Å². The molecule has 1 fully saturated rings. The van der Waals surface area contributed by atoms with Gasteiger partial charge in [0.25, 0.3) is 0 Å². The number of fused-ring (bicyclic) bond motifs is 1. The maximum atomic E-state index is 12.8. The van der Waals surface area contributed by atoms with Crippen LogP contribution in [-0.4, -0.2) is 34.3 Å². The summed E-state index contributed by atoms with van der Waals surface area (Å²) in [6.07, 6.45) is 0.419. The van der Waals surface area contributed by atoms with Gasteiger partial charge in [-0.05, 0) is 23.3 Å². The molecule has 0 saturated carbocycles. The smallest absolute Gasteiger partial charge is 0.239 e. The van der Waals surface area contributed by atoms with Gasteiger partial charge in [-0.15, -0.1) is 0 Å². The van der Waals surface area contributed by atoms with Gasteiger partial charge in [0.15, 0.2) is 16.0 Å². The van der Waals surface area contributed by atoms with Gasteiger partial charge >= 0.3 is 0 Å². The number of pyridine rings is 1. The first-order valence-corrected chi connectivity index (χ1v) is 12.5. The molecule has 1 saturated heterocycles. The number of aromatic nitrogens is 1. The maximum absolute atomic E-state index is 12.8. The number of nitrogens with one attached hydrogen (secondary N) is 4. The molecule has 1 aromatic heterocycles. The standard InChI is InChI=1S/C18H20N6O6S2/c19-32(29,30)17-15(31(27,28)10-9-25)7-6-13(16(17)18-20-22-23-21-18)11-3-1-5-14-12(11)4-2-8-24(14)26/h1-8,18,20-23,25H,9-10H2,(H2,19,29,30). The number of sulfone groups is 1. The number of aliphatic hydroxyl groups excluding tert-OH is 1. The zero-order chi connectivity index (χ0) is 23.1. The molecule has 4 rings (SSSR count). The number of benzene rings is 2. The number of aliphatic hydroxyl groups is 1. The van der Waals surface area contributed by atoms with Crippen LogP contribution in [-0.2, 0) is 19.9 Å². The Morgan fingerprint density at radius 3 is 2.38 bits per heavy atom. The Labute approximate surface area is 183 Å². The molecule has 7 N–H and O–H groups in total. The van der Waals surface area contributed by atoms with E-state index >= 15 is 0 Å². The van der Waals surface area contributed by atoms with Crippen LogP contribution in [0.15, 0.2) is 58.5 Å². The number of nitrogens with zero attached hydrogens (tertiary/aromatic N) is 1. The highest BCUT2D eigenvalue weighted by atomic mass is 32.2. The highest BCUT2D eigenvalue weighted by molar-refractivity contribution is 7.93. The molecule has 1 aliphatic rings. The van der Waals surface area contributed by atoms with E-state index in [0.29, 0.717) is 26.8 Å². The molecule has 3 aromatic rings. The first-order valence-electron chi connectivity index (χ1n) is 9.31. The number of hydrazine groups is 3. The fourth-order valence-corrected chi connectivity index (χ4v) is 6.46. The Hall–Kier alpha value is -2.69. The van der Waals surface area contributed by atoms with Gasteiger partial charge in [0, 0.05) is 17.7 Å². The van der Waals surface area contributed by atoms with Crippen LogP contribution in [0.5, 0.6) is 0 Å². The predicted octanol–water partition coefficient (Wildman–Crippen LogP) is -1.33. The minimum Gasteiger partial charge on any atom is -0.618 e. The molecule has 0 bridgehead atoms. The Kier molecular flexibility index (Phi) is 5.87. The topological polar surface area (TPSA) is 190 Å². The van der Waals surface area contributed by atoms with Crippen LogP contribution >= 0.6 is 0 Å². The van der Waals surface area contributed by atoms with Crippen molar-refractivity contribution in [2.24, 2.45) is 5.14 Å². The largest absolute Gasteiger partial charge is 0.618 e. The van der Waals surface area contributed by atoms with Crippen molar-refractivity contribution in [3.63, 3.8) is 0 Å². The van der Waals surface area contributed by atoms with Crippen molar-refractivity contribution in [2.75, 3.05) is 12.4 Å². The van der Waals surface area contributed by atoms with Crippen LogP contribution < -0.4 is 31.8 Å². The number of sulfonamides is 1. The highest BCUT2D eigenvalue weighted by Crippen LogP contribution is 2.39. The van der Waals surface area contributed by atoms with E-state index in [1.807, 2.05) is 0 Å². The second-order valence-electron chi connectivity index (χ2n) is 6.99. The van der Waals surface area contributed by atoms with Gasteiger partial charge < -0.3 is 10.3 Å². The third-order valence-electron chi connectivity index (χ3n) is 5.02. The molecule has 1 aliphatic heterocycles. The van der Waals surface area contributed by atoms with E-state index in [9.17, 15) is 27.1 Å². The normalized spacial score (nSPS) is 15.4. The molecule has 0 amide bonds. The lowest BCUT2D eigenvalue weighted by atomic mass is 9.94. The third kappa shape index (κ3) is 3.94. The summed E-state index contributed by atoms with van der Waals surface area (Å²) < 4.78 is 51.6. The summed E-state index contributed by atoms with van der Waals surface area (Å²) in [5, 5.41) is 27.4. The fourth-order valence-electron chi connectivity index (χ4n) is 3.72. The molecular formula is C18H20N6O6S2. The maximum Gasteiger partial charge on any atom is 0.239 e. The second kappa shape index (κ2) is 8.34. The first-order chi connectivity index (χ1) is 15.1. The van der Waals surface area contributed by atoms with Crippen LogP contribution in [0.1, 0.15) is 11.7 Å². The Morgan fingerprint density at radius 1 is 1.00 bits per heavy atom. The second-order valence-corrected chi connectivity index (χ2v) is 10.6. The first kappa shape index (κ1) is 22.5. The van der Waals surface area contributed by atoms with Gasteiger partial charge in [-0.3, -0.25) is 0 Å². The predicted molar refractivity (Wildman–Crippen MR) is 114 cm³/mol. The van der Waals surface area contributed by atoms with E-state index in [1.165, 1.54) is 12.3 Å². The van der Waals surface area contributed by atoms with Gasteiger partial charge in [0.2, 0.25) is 15.5 Å². The fraction of sp³-hybridized carbons (Fsp3) is 0.167. The van der Waals surface area contributed by atoms with Crippen LogP contribution in [0, 0.1) is 5.21 Å². The van der Waals surface area contributed by atoms with Crippen molar-refractivity contribution >= 4 is 30.8 Å². The molecule has 32 heavy (non-hydrogen) atoms. The van der Waals surface area contributed by atoms with Gasteiger partial charge in [-0.1, -0.05) is 18.2 Å². The summed E-state index contributed by atoms with van der Waals surface area (Å²) in [6.45, 7) is -0.695. The van der Waals surface area contributed by atoms with Crippen LogP contribution in [0.2, 0.25) is 0 Å². The van der Waals surface area contributed by atoms with Crippen LogP contribution in [0.25, 0.3) is 22.0 Å². The minimum absolute atomic E-state index is 0.0258. The molecule has 0 aliphatic carbocycles. The molecule has 14 heteroatoms. The number of hydrogen-bond donors (Lipinski definition) is 6. The van der Waals surface area contributed by atoms with E-state index < -0.39 is 48.2 Å². The molecule has 0 unspecified atom stereocenters. The summed E-state index contributed by atoms with van der Waals surface area (Å²) >= 11 is 0. The summed E-state index contributed by atoms with van der Waals surface area (Å²) in [7, 11) is -8.74. The van der Waals surface area contributed by atoms with Gasteiger partial charge in [0.1, 0.15) is 11.1 Å². The lowest BCUT2D eigenvalue weighted by molar-refractivity contribution is -0.577. The number of rotatable bonds is 6. The molecule has 170 valence electrons. The molecule has 2 aromatic carbocycles. The van der Waals surface area contributed by atoms with Crippen molar-refractivity contribution < 1.29 is 26.7 Å². The summed E-state index contributed by atoms with van der Waals surface area (Å²) in [5.41, 5.74) is 11.9. The zero-order valence-corrected chi connectivity index (χ0v) is 18.1. The summed E-state index contributed by atoms with van der Waals surface area (Å²) in [5.74, 6) is -0.680. The zero-order valence-electron chi connectivity index (χ0n) is 16.4. The SMILES string of the molecule is NS(=O)(=O)c1c(S(=O)(=O)CCO)ccc(-c2cccc3c2ccc[n+]3[O-])c1C1NNNN1. The van der Waals surface area contributed by atoms with Crippen molar-refractivity contribution in [3.05, 3.63) is 59.4 Å². The molecular weight excluding hydrogens is 460 g/mol. The third-order valence-corrected chi connectivity index (χ3v) is 7.89. The lowest BCUT2D eigenvalue weighted by Crippen LogP contribution is -2.33. The minimum atomic E-state index is -4.56. The quantitative estimate of drug-likeness (QED) is 0.182. The van der Waals surface area contributed by atoms with E-state index in [0.717, 1.165) is 6.07 Å². The molecule has 2 heterocycles. The van der Waals surface area contributed by atoms with Gasteiger partial charge in [0.05, 0.1) is 22.6 Å². The monoisotopic (exact) mass is 480 g/mol. The summed E-state index contributed by atoms with van der Waals surface area (Å²) in [6, 6.07) is 10.8. The summed E-state index contributed by atoms with van der Waals surface area (Å²) in [4.78, 5) is -1.13. The van der Waals surface area contributed by atoms with Crippen molar-refractivity contribution in [1.82, 2.24) is 21.9 Å². The highest BCUT2D eigenvalue weighted by Gasteiger charge is 2.34. The number of primary sulfonamides is 1.